The van der Waals surface area contributed by atoms with Crippen LogP contribution in [-0.2, 0) is 9.53 Å². The monoisotopic (exact) mass is 270 g/mol. The van der Waals surface area contributed by atoms with Crippen molar-refractivity contribution in [1.29, 1.82) is 0 Å². The quantitative estimate of drug-likeness (QED) is 0.813. The Labute approximate surface area is 113 Å². The topological polar surface area (TPSA) is 70.1 Å². The molecule has 2 amide bonds. The number of piperidine rings is 1. The number of likely N-dealkylation sites (N-methyl/N-ethyl adjacent to an activating group) is 1. The number of ether oxygens (including phenoxy) is 1. The Morgan fingerprint density at radius 2 is 2.11 bits per heavy atom. The highest BCUT2D eigenvalue weighted by Crippen LogP contribution is 2.22. The maximum atomic E-state index is 12.4. The fraction of sp³-hybridized carbons (Fsp3) is 0.846. The van der Waals surface area contributed by atoms with E-state index in [-0.39, 0.29) is 18.2 Å². The van der Waals surface area contributed by atoms with E-state index < -0.39 is 11.9 Å². The van der Waals surface area contributed by atoms with Gasteiger partial charge in [0, 0.05) is 26.7 Å². The summed E-state index contributed by atoms with van der Waals surface area (Å²) in [4.78, 5) is 26.8. The van der Waals surface area contributed by atoms with Gasteiger partial charge in [-0.2, -0.15) is 0 Å². The van der Waals surface area contributed by atoms with Gasteiger partial charge >= 0.3 is 12.0 Å². The number of nitrogens with zero attached hydrogens (tertiary/aromatic N) is 2. The van der Waals surface area contributed by atoms with E-state index >= 15 is 0 Å². The van der Waals surface area contributed by atoms with Crippen LogP contribution in [-0.4, -0.2) is 65.8 Å². The van der Waals surface area contributed by atoms with Crippen LogP contribution in [0.25, 0.3) is 0 Å². The fourth-order valence-corrected chi connectivity index (χ4v) is 2.95. The summed E-state index contributed by atoms with van der Waals surface area (Å²) in [5.41, 5.74) is 0. The Morgan fingerprint density at radius 1 is 1.37 bits per heavy atom. The second-order valence-corrected chi connectivity index (χ2v) is 5.45. The predicted octanol–water partition coefficient (Wildman–Crippen LogP) is 1.01. The molecule has 0 aromatic heterocycles. The van der Waals surface area contributed by atoms with Gasteiger partial charge in [0.1, 0.15) is 0 Å². The second-order valence-electron chi connectivity index (χ2n) is 5.45. The highest BCUT2D eigenvalue weighted by atomic mass is 16.5. The molecule has 0 aromatic carbocycles. The van der Waals surface area contributed by atoms with E-state index in [4.69, 9.17) is 9.84 Å². The molecule has 2 unspecified atom stereocenters. The molecule has 2 saturated heterocycles. The number of carbonyl (C=O) groups excluding carboxylic acids is 1. The molecule has 3 atom stereocenters. The van der Waals surface area contributed by atoms with Crippen molar-refractivity contribution in [2.24, 2.45) is 5.92 Å². The molecule has 2 aliphatic rings. The van der Waals surface area contributed by atoms with Crippen molar-refractivity contribution in [3.63, 3.8) is 0 Å². The number of rotatable bonds is 2. The molecule has 2 fully saturated rings. The summed E-state index contributed by atoms with van der Waals surface area (Å²) in [5.74, 6) is -1.24. The summed E-state index contributed by atoms with van der Waals surface area (Å²) in [6.07, 6.45) is 2.31. The molecule has 2 heterocycles. The zero-order chi connectivity index (χ0) is 14.0. The number of likely N-dealkylation sites (tertiary alicyclic amines) is 1. The van der Waals surface area contributed by atoms with Gasteiger partial charge in [-0.15, -0.1) is 0 Å². The van der Waals surface area contributed by atoms with Gasteiger partial charge < -0.3 is 19.6 Å². The molecule has 1 N–H and O–H groups in total. The van der Waals surface area contributed by atoms with E-state index in [1.54, 1.807) is 16.8 Å². The van der Waals surface area contributed by atoms with E-state index in [0.29, 0.717) is 26.1 Å². The molecule has 0 spiro atoms. The number of hydrogen-bond acceptors (Lipinski definition) is 3. The Hall–Kier alpha value is -1.30. The van der Waals surface area contributed by atoms with Crippen molar-refractivity contribution in [2.75, 3.05) is 26.7 Å². The average Bonchev–Trinajstić information content (AvgIpc) is 2.83. The van der Waals surface area contributed by atoms with E-state index in [1.807, 2.05) is 6.92 Å². The van der Waals surface area contributed by atoms with Crippen molar-refractivity contribution >= 4 is 12.0 Å². The summed E-state index contributed by atoms with van der Waals surface area (Å²) in [5, 5.41) is 9.06. The van der Waals surface area contributed by atoms with E-state index in [2.05, 4.69) is 0 Å². The smallest absolute Gasteiger partial charge is 0.320 e. The molecule has 2 aliphatic heterocycles. The van der Waals surface area contributed by atoms with Crippen LogP contribution in [0.3, 0.4) is 0 Å². The lowest BCUT2D eigenvalue weighted by molar-refractivity contribution is -0.143. The van der Waals surface area contributed by atoms with E-state index in [0.717, 1.165) is 12.8 Å². The van der Waals surface area contributed by atoms with Crippen LogP contribution in [0.4, 0.5) is 4.79 Å². The number of carbonyl (C=O) groups is 2. The molecule has 0 aromatic rings. The van der Waals surface area contributed by atoms with Crippen molar-refractivity contribution in [1.82, 2.24) is 9.80 Å². The molecular weight excluding hydrogens is 248 g/mol. The summed E-state index contributed by atoms with van der Waals surface area (Å²) >= 11 is 0. The standard InChI is InChI=1S/C13H22N2O4/c1-9-11(5-7-19-9)14(2)13(18)15-6-3-4-10(8-15)12(16)17/h9-11H,3-8H2,1-2H3,(H,16,17)/t9?,10-,11?/m0/s1. The van der Waals surface area contributed by atoms with Gasteiger partial charge in [-0.3, -0.25) is 4.79 Å². The van der Waals surface area contributed by atoms with E-state index in [1.165, 1.54) is 0 Å². The summed E-state index contributed by atoms with van der Waals surface area (Å²) in [6, 6.07) is 0.0194. The normalized spacial score (nSPS) is 31.3. The molecule has 0 aliphatic carbocycles. The number of amides is 2. The van der Waals surface area contributed by atoms with Crippen LogP contribution in [0.15, 0.2) is 0 Å². The predicted molar refractivity (Wildman–Crippen MR) is 68.9 cm³/mol. The zero-order valence-electron chi connectivity index (χ0n) is 11.5. The van der Waals surface area contributed by atoms with Crippen LogP contribution < -0.4 is 0 Å². The first-order valence-electron chi connectivity index (χ1n) is 6.87. The summed E-state index contributed by atoms with van der Waals surface area (Å²) in [7, 11) is 1.78. The molecular formula is C13H22N2O4. The Morgan fingerprint density at radius 3 is 2.68 bits per heavy atom. The fourth-order valence-electron chi connectivity index (χ4n) is 2.95. The van der Waals surface area contributed by atoms with Crippen LogP contribution in [0.5, 0.6) is 0 Å². The first-order valence-corrected chi connectivity index (χ1v) is 6.87. The van der Waals surface area contributed by atoms with Gasteiger partial charge in [0.2, 0.25) is 0 Å². The number of hydrogen-bond donors (Lipinski definition) is 1. The highest BCUT2D eigenvalue weighted by molar-refractivity contribution is 5.76. The lowest BCUT2D eigenvalue weighted by Gasteiger charge is -2.36. The van der Waals surface area contributed by atoms with Crippen molar-refractivity contribution in [3.05, 3.63) is 0 Å². The van der Waals surface area contributed by atoms with Gasteiger partial charge in [-0.1, -0.05) is 0 Å². The third kappa shape index (κ3) is 3.00. The minimum Gasteiger partial charge on any atom is -0.481 e. The molecule has 0 bridgehead atoms. The first-order chi connectivity index (χ1) is 9.00. The van der Waals surface area contributed by atoms with Crippen LogP contribution in [0, 0.1) is 5.92 Å². The molecule has 6 nitrogen and oxygen atoms in total. The maximum absolute atomic E-state index is 12.4. The molecule has 108 valence electrons. The molecule has 0 radical (unpaired) electrons. The van der Waals surface area contributed by atoms with E-state index in [9.17, 15) is 9.59 Å². The van der Waals surface area contributed by atoms with Gasteiger partial charge in [-0.25, -0.2) is 4.79 Å². The largest absolute Gasteiger partial charge is 0.481 e. The highest BCUT2D eigenvalue weighted by Gasteiger charge is 2.35. The van der Waals surface area contributed by atoms with Crippen molar-refractivity contribution in [2.45, 2.75) is 38.3 Å². The average molecular weight is 270 g/mol. The Kier molecular flexibility index (Phi) is 4.29. The van der Waals surface area contributed by atoms with Gasteiger partial charge in [0.15, 0.2) is 0 Å². The van der Waals surface area contributed by atoms with Crippen LogP contribution in [0.2, 0.25) is 0 Å². The van der Waals surface area contributed by atoms with Gasteiger partial charge in [-0.05, 0) is 26.2 Å². The minimum atomic E-state index is -0.808. The first kappa shape index (κ1) is 14.1. The molecule has 19 heavy (non-hydrogen) atoms. The summed E-state index contributed by atoms with van der Waals surface area (Å²) < 4.78 is 5.48. The maximum Gasteiger partial charge on any atom is 0.320 e. The summed E-state index contributed by atoms with van der Waals surface area (Å²) in [6.45, 7) is 3.62. The minimum absolute atomic E-state index is 0.0500. The number of carboxylic acids is 1. The van der Waals surface area contributed by atoms with Crippen LogP contribution >= 0.6 is 0 Å². The van der Waals surface area contributed by atoms with Crippen molar-refractivity contribution < 1.29 is 19.4 Å². The molecule has 6 heteroatoms. The SMILES string of the molecule is CC1OCCC1N(C)C(=O)N1CCC[C@H](C(=O)O)C1. The zero-order valence-corrected chi connectivity index (χ0v) is 11.5. The lowest BCUT2D eigenvalue weighted by Crippen LogP contribution is -2.51. The third-order valence-corrected chi connectivity index (χ3v) is 4.18. The number of carboxylic acid groups (broad SMARTS) is 1. The number of aliphatic carboxylic acids is 1. The van der Waals surface area contributed by atoms with Gasteiger partial charge in [0.05, 0.1) is 18.1 Å². The Bertz CT molecular complexity index is 361. The van der Waals surface area contributed by atoms with Gasteiger partial charge in [0.25, 0.3) is 0 Å². The molecule has 2 rings (SSSR count). The van der Waals surface area contributed by atoms with Crippen molar-refractivity contribution in [3.8, 4) is 0 Å². The second kappa shape index (κ2) is 5.77. The number of urea groups is 1. The lowest BCUT2D eigenvalue weighted by atomic mass is 9.98. The van der Waals surface area contributed by atoms with Crippen LogP contribution in [0.1, 0.15) is 26.2 Å². The Balaban J connectivity index is 1.96. The molecule has 0 saturated carbocycles. The third-order valence-electron chi connectivity index (χ3n) is 4.18.